The predicted octanol–water partition coefficient (Wildman–Crippen LogP) is 1.94. The Kier molecular flexibility index (Phi) is 4.35. The number of ether oxygens (including phenoxy) is 1. The molecule has 1 aromatic heterocycles. The van der Waals surface area contributed by atoms with Crippen LogP contribution in [0.2, 0.25) is 0 Å². The Balaban J connectivity index is 1.95. The lowest BCUT2D eigenvalue weighted by atomic mass is 10.0. The molecule has 2 atom stereocenters. The van der Waals surface area contributed by atoms with E-state index in [4.69, 9.17) is 10.6 Å². The van der Waals surface area contributed by atoms with Gasteiger partial charge in [0.05, 0.1) is 12.1 Å². The van der Waals surface area contributed by atoms with Crippen LogP contribution in [0.1, 0.15) is 24.6 Å². The zero-order valence-corrected chi connectivity index (χ0v) is 10.5. The standard InChI is InChI=1S/C12H20N2OS/c1-2-15-12(9-5-6-9)11(14-13)8-10-4-3-7-16-10/h3-4,7,9,11-12,14H,2,5-6,8,13H2,1H3. The maximum atomic E-state index is 5.83. The minimum Gasteiger partial charge on any atom is -0.377 e. The fourth-order valence-corrected chi connectivity index (χ4v) is 2.88. The number of nitrogens with two attached hydrogens (primary N) is 1. The van der Waals surface area contributed by atoms with Gasteiger partial charge in [-0.25, -0.2) is 0 Å². The molecule has 2 unspecified atom stereocenters. The molecule has 4 heteroatoms. The molecule has 0 aliphatic heterocycles. The van der Waals surface area contributed by atoms with E-state index in [1.807, 2.05) is 6.92 Å². The van der Waals surface area contributed by atoms with Crippen LogP contribution < -0.4 is 11.3 Å². The largest absolute Gasteiger partial charge is 0.377 e. The van der Waals surface area contributed by atoms with Crippen molar-refractivity contribution < 1.29 is 4.74 Å². The Morgan fingerprint density at radius 3 is 2.94 bits per heavy atom. The van der Waals surface area contributed by atoms with Gasteiger partial charge in [0.15, 0.2) is 0 Å². The van der Waals surface area contributed by atoms with E-state index in [1.54, 1.807) is 11.3 Å². The monoisotopic (exact) mass is 240 g/mol. The Labute approximate surface area is 101 Å². The van der Waals surface area contributed by atoms with Crippen LogP contribution in [0.4, 0.5) is 0 Å². The van der Waals surface area contributed by atoms with Crippen LogP contribution in [0.5, 0.6) is 0 Å². The third-order valence-corrected chi connectivity index (χ3v) is 3.96. The molecule has 3 N–H and O–H groups in total. The van der Waals surface area contributed by atoms with Gasteiger partial charge in [-0.2, -0.15) is 0 Å². The van der Waals surface area contributed by atoms with Crippen molar-refractivity contribution in [1.29, 1.82) is 0 Å². The quantitative estimate of drug-likeness (QED) is 0.565. The number of thiophene rings is 1. The predicted molar refractivity (Wildman–Crippen MR) is 67.3 cm³/mol. The van der Waals surface area contributed by atoms with Gasteiger partial charge in [-0.1, -0.05) is 6.07 Å². The smallest absolute Gasteiger partial charge is 0.0772 e. The Morgan fingerprint density at radius 2 is 2.44 bits per heavy atom. The molecule has 3 nitrogen and oxygen atoms in total. The van der Waals surface area contributed by atoms with Crippen LogP contribution in [0.3, 0.4) is 0 Å². The Hall–Kier alpha value is -0.420. The van der Waals surface area contributed by atoms with Gasteiger partial charge in [-0.3, -0.25) is 11.3 Å². The van der Waals surface area contributed by atoms with E-state index in [0.29, 0.717) is 5.92 Å². The van der Waals surface area contributed by atoms with Crippen molar-refractivity contribution in [2.24, 2.45) is 11.8 Å². The molecule has 2 rings (SSSR count). The molecule has 1 aliphatic carbocycles. The summed E-state index contributed by atoms with van der Waals surface area (Å²) in [5.41, 5.74) is 2.93. The molecule has 0 amide bonds. The summed E-state index contributed by atoms with van der Waals surface area (Å²) in [6, 6.07) is 4.48. The summed E-state index contributed by atoms with van der Waals surface area (Å²) in [5, 5.41) is 2.11. The average molecular weight is 240 g/mol. The summed E-state index contributed by atoms with van der Waals surface area (Å²) in [6.07, 6.45) is 3.81. The van der Waals surface area contributed by atoms with Gasteiger partial charge in [0.25, 0.3) is 0 Å². The highest BCUT2D eigenvalue weighted by atomic mass is 32.1. The second kappa shape index (κ2) is 5.77. The molecular weight excluding hydrogens is 220 g/mol. The third kappa shape index (κ3) is 3.04. The highest BCUT2D eigenvalue weighted by Gasteiger charge is 2.36. The highest BCUT2D eigenvalue weighted by Crippen LogP contribution is 2.36. The molecule has 1 aliphatic rings. The lowest BCUT2D eigenvalue weighted by molar-refractivity contribution is 0.0194. The third-order valence-electron chi connectivity index (χ3n) is 3.06. The van der Waals surface area contributed by atoms with Crippen LogP contribution >= 0.6 is 11.3 Å². The average Bonchev–Trinajstić information content (AvgIpc) is 3.01. The van der Waals surface area contributed by atoms with Crippen molar-refractivity contribution in [2.75, 3.05) is 6.61 Å². The fourth-order valence-electron chi connectivity index (χ4n) is 2.11. The number of hydrazine groups is 1. The summed E-state index contributed by atoms with van der Waals surface area (Å²) in [5.74, 6) is 6.37. The van der Waals surface area contributed by atoms with Crippen molar-refractivity contribution in [3.8, 4) is 0 Å². The van der Waals surface area contributed by atoms with E-state index in [-0.39, 0.29) is 12.1 Å². The summed E-state index contributed by atoms with van der Waals surface area (Å²) >= 11 is 1.78. The van der Waals surface area contributed by atoms with Crippen molar-refractivity contribution in [3.05, 3.63) is 22.4 Å². The molecule has 0 radical (unpaired) electrons. The maximum Gasteiger partial charge on any atom is 0.0772 e. The zero-order valence-electron chi connectivity index (χ0n) is 9.69. The number of rotatable bonds is 7. The van der Waals surface area contributed by atoms with Crippen LogP contribution in [0, 0.1) is 5.92 Å². The summed E-state index contributed by atoms with van der Waals surface area (Å²) < 4.78 is 5.83. The van der Waals surface area contributed by atoms with Crippen LogP contribution in [-0.2, 0) is 11.2 Å². The summed E-state index contributed by atoms with van der Waals surface area (Å²) in [4.78, 5) is 1.37. The van der Waals surface area contributed by atoms with Gasteiger partial charge < -0.3 is 4.74 Å². The van der Waals surface area contributed by atoms with Crippen LogP contribution in [0.15, 0.2) is 17.5 Å². The lowest BCUT2D eigenvalue weighted by Crippen LogP contribution is -2.47. The molecule has 0 spiro atoms. The van der Waals surface area contributed by atoms with Crippen molar-refractivity contribution in [3.63, 3.8) is 0 Å². The second-order valence-corrected chi connectivity index (χ2v) is 5.35. The van der Waals surface area contributed by atoms with E-state index in [0.717, 1.165) is 13.0 Å². The Morgan fingerprint density at radius 1 is 1.62 bits per heavy atom. The number of hydrogen-bond donors (Lipinski definition) is 2. The van der Waals surface area contributed by atoms with Crippen molar-refractivity contribution >= 4 is 11.3 Å². The van der Waals surface area contributed by atoms with Gasteiger partial charge in [0, 0.05) is 17.9 Å². The Bertz CT molecular complexity index is 298. The van der Waals surface area contributed by atoms with Crippen LogP contribution in [-0.4, -0.2) is 18.8 Å². The minimum atomic E-state index is 0.242. The van der Waals surface area contributed by atoms with Gasteiger partial charge in [-0.05, 0) is 37.1 Å². The topological polar surface area (TPSA) is 47.3 Å². The summed E-state index contributed by atoms with van der Waals surface area (Å²) in [7, 11) is 0. The van der Waals surface area contributed by atoms with Crippen molar-refractivity contribution in [1.82, 2.24) is 5.43 Å². The first-order valence-corrected chi connectivity index (χ1v) is 6.83. The van der Waals surface area contributed by atoms with Gasteiger partial charge >= 0.3 is 0 Å². The van der Waals surface area contributed by atoms with E-state index >= 15 is 0 Å². The second-order valence-electron chi connectivity index (χ2n) is 4.31. The molecule has 1 saturated carbocycles. The zero-order chi connectivity index (χ0) is 11.4. The molecule has 16 heavy (non-hydrogen) atoms. The first-order valence-electron chi connectivity index (χ1n) is 5.95. The number of hydrogen-bond acceptors (Lipinski definition) is 4. The van der Waals surface area contributed by atoms with E-state index in [9.17, 15) is 0 Å². The van der Waals surface area contributed by atoms with Gasteiger partial charge in [-0.15, -0.1) is 11.3 Å². The molecule has 1 heterocycles. The highest BCUT2D eigenvalue weighted by molar-refractivity contribution is 7.09. The lowest BCUT2D eigenvalue weighted by Gasteiger charge is -2.26. The minimum absolute atomic E-state index is 0.242. The summed E-state index contributed by atoms with van der Waals surface area (Å²) in [6.45, 7) is 2.82. The molecule has 0 saturated heterocycles. The normalized spacial score (nSPS) is 19.6. The van der Waals surface area contributed by atoms with Crippen LogP contribution in [0.25, 0.3) is 0 Å². The molecule has 1 aromatic rings. The molecular formula is C12H20N2OS. The molecule has 0 aromatic carbocycles. The first-order chi connectivity index (χ1) is 7.85. The van der Waals surface area contributed by atoms with E-state index in [1.165, 1.54) is 17.7 Å². The van der Waals surface area contributed by atoms with Gasteiger partial charge in [0.2, 0.25) is 0 Å². The molecule has 1 fully saturated rings. The van der Waals surface area contributed by atoms with Crippen molar-refractivity contribution in [2.45, 2.75) is 38.3 Å². The maximum absolute atomic E-state index is 5.83. The van der Waals surface area contributed by atoms with Gasteiger partial charge in [0.1, 0.15) is 0 Å². The molecule has 0 bridgehead atoms. The van der Waals surface area contributed by atoms with E-state index < -0.39 is 0 Å². The fraction of sp³-hybridized carbons (Fsp3) is 0.667. The molecule has 90 valence electrons. The van der Waals surface area contributed by atoms with E-state index in [2.05, 4.69) is 22.9 Å². The number of nitrogens with one attached hydrogen (secondary N) is 1. The SMILES string of the molecule is CCOC(C1CC1)C(Cc1cccs1)NN. The first kappa shape index (κ1) is 12.0.